The van der Waals surface area contributed by atoms with Gasteiger partial charge in [0.05, 0.1) is 0 Å². The Kier molecular flexibility index (Phi) is 3.45. The molecule has 0 N–H and O–H groups in total. The molecule has 84 valence electrons. The van der Waals surface area contributed by atoms with Crippen LogP contribution in [0, 0.1) is 0 Å². The predicted molar refractivity (Wildman–Crippen MR) is 70.5 cm³/mol. The minimum absolute atomic E-state index is 0.500. The zero-order valence-corrected chi connectivity index (χ0v) is 10.1. The van der Waals surface area contributed by atoms with Crippen molar-refractivity contribution < 1.29 is 0 Å². The highest BCUT2D eigenvalue weighted by molar-refractivity contribution is 5.53. The van der Waals surface area contributed by atoms with Crippen molar-refractivity contribution in [1.82, 2.24) is 0 Å². The molecule has 0 bridgehead atoms. The average molecular weight is 213 g/mol. The lowest BCUT2D eigenvalue weighted by molar-refractivity contribution is 0.719. The Balaban J connectivity index is 2.31. The molecule has 1 nitrogen and oxygen atoms in total. The van der Waals surface area contributed by atoms with Gasteiger partial charge in [-0.3, -0.25) is 0 Å². The molecule has 0 aromatic heterocycles. The first-order chi connectivity index (χ1) is 7.79. The summed E-state index contributed by atoms with van der Waals surface area (Å²) in [5.41, 5.74) is 2.71. The van der Waals surface area contributed by atoms with Gasteiger partial charge >= 0.3 is 0 Å². The van der Waals surface area contributed by atoms with Crippen LogP contribution in [0.15, 0.2) is 54.3 Å². The van der Waals surface area contributed by atoms with E-state index >= 15 is 0 Å². The van der Waals surface area contributed by atoms with E-state index in [-0.39, 0.29) is 0 Å². The van der Waals surface area contributed by atoms with Crippen LogP contribution in [0.1, 0.15) is 26.7 Å². The van der Waals surface area contributed by atoms with Crippen LogP contribution in [0.4, 0.5) is 5.69 Å². The molecular weight excluding hydrogens is 194 g/mol. The van der Waals surface area contributed by atoms with Crippen molar-refractivity contribution in [2.45, 2.75) is 32.7 Å². The first-order valence-electron chi connectivity index (χ1n) is 5.99. The number of allylic oxidation sites excluding steroid dienone is 4. The van der Waals surface area contributed by atoms with Crippen molar-refractivity contribution in [3.63, 3.8) is 0 Å². The predicted octanol–water partition coefficient (Wildman–Crippen LogP) is 4.14. The largest absolute Gasteiger partial charge is 0.343 e. The van der Waals surface area contributed by atoms with Gasteiger partial charge in [-0.05, 0) is 44.9 Å². The fourth-order valence-electron chi connectivity index (χ4n) is 2.17. The van der Waals surface area contributed by atoms with Crippen molar-refractivity contribution in [2.24, 2.45) is 0 Å². The summed E-state index contributed by atoms with van der Waals surface area (Å²) in [5.74, 6) is 0. The maximum Gasteiger partial charge on any atom is 0.0410 e. The third-order valence-corrected chi connectivity index (χ3v) is 2.85. The fourth-order valence-corrected chi connectivity index (χ4v) is 2.17. The zero-order valence-electron chi connectivity index (χ0n) is 10.1. The molecule has 1 aromatic carbocycles. The summed E-state index contributed by atoms with van der Waals surface area (Å²) >= 11 is 0. The van der Waals surface area contributed by atoms with Crippen LogP contribution in [0.5, 0.6) is 0 Å². The second-order valence-electron chi connectivity index (χ2n) is 4.42. The van der Waals surface area contributed by atoms with Gasteiger partial charge < -0.3 is 4.90 Å². The number of nitrogens with zero attached hydrogens (tertiary/aromatic N) is 1. The molecule has 0 radical (unpaired) electrons. The highest BCUT2D eigenvalue weighted by atomic mass is 15.2. The van der Waals surface area contributed by atoms with Crippen molar-refractivity contribution in [2.75, 3.05) is 4.90 Å². The number of rotatable bonds is 3. The van der Waals surface area contributed by atoms with Crippen molar-refractivity contribution in [3.05, 3.63) is 54.3 Å². The summed E-state index contributed by atoms with van der Waals surface area (Å²) in [5, 5.41) is 0. The van der Waals surface area contributed by atoms with Crippen molar-refractivity contribution in [3.8, 4) is 0 Å². The van der Waals surface area contributed by atoms with Gasteiger partial charge in [0.1, 0.15) is 0 Å². The lowest BCUT2D eigenvalue weighted by Crippen LogP contribution is -2.30. The number of hydrogen-bond acceptors (Lipinski definition) is 1. The molecule has 16 heavy (non-hydrogen) atoms. The minimum Gasteiger partial charge on any atom is -0.343 e. The Morgan fingerprint density at radius 3 is 2.44 bits per heavy atom. The molecular formula is C15H19N. The van der Waals surface area contributed by atoms with Gasteiger partial charge in [0.2, 0.25) is 0 Å². The van der Waals surface area contributed by atoms with Gasteiger partial charge in [-0.2, -0.15) is 0 Å². The number of anilines is 1. The Morgan fingerprint density at radius 2 is 1.88 bits per heavy atom. The minimum atomic E-state index is 0.500. The van der Waals surface area contributed by atoms with Gasteiger partial charge in [-0.1, -0.05) is 30.4 Å². The summed E-state index contributed by atoms with van der Waals surface area (Å²) in [6, 6.07) is 11.1. The molecule has 0 saturated heterocycles. The van der Waals surface area contributed by atoms with Gasteiger partial charge in [-0.25, -0.2) is 0 Å². The molecule has 0 unspecified atom stereocenters. The van der Waals surface area contributed by atoms with Crippen molar-refractivity contribution >= 4 is 5.69 Å². The summed E-state index contributed by atoms with van der Waals surface area (Å²) in [7, 11) is 0. The molecule has 1 heteroatoms. The molecule has 0 amide bonds. The van der Waals surface area contributed by atoms with E-state index in [2.05, 4.69) is 67.3 Å². The Morgan fingerprint density at radius 1 is 1.12 bits per heavy atom. The van der Waals surface area contributed by atoms with Gasteiger partial charge in [-0.15, -0.1) is 0 Å². The van der Waals surface area contributed by atoms with E-state index in [1.54, 1.807) is 0 Å². The third-order valence-electron chi connectivity index (χ3n) is 2.85. The molecule has 0 saturated carbocycles. The fraction of sp³-hybridized carbons (Fsp3) is 0.333. The maximum absolute atomic E-state index is 2.42. The number of para-hydroxylation sites is 1. The van der Waals surface area contributed by atoms with E-state index in [4.69, 9.17) is 0 Å². The quantitative estimate of drug-likeness (QED) is 0.729. The van der Waals surface area contributed by atoms with Crippen LogP contribution in [-0.2, 0) is 0 Å². The van der Waals surface area contributed by atoms with E-state index < -0.39 is 0 Å². The highest BCUT2D eigenvalue weighted by Gasteiger charge is 2.15. The van der Waals surface area contributed by atoms with Crippen LogP contribution in [-0.4, -0.2) is 6.04 Å². The van der Waals surface area contributed by atoms with E-state index in [1.165, 1.54) is 11.4 Å². The summed E-state index contributed by atoms with van der Waals surface area (Å²) in [6.07, 6.45) is 8.92. The number of hydrogen-bond donors (Lipinski definition) is 0. The third kappa shape index (κ3) is 2.35. The monoisotopic (exact) mass is 213 g/mol. The number of benzene rings is 1. The van der Waals surface area contributed by atoms with Crippen LogP contribution in [0.25, 0.3) is 0 Å². The first kappa shape index (κ1) is 11.0. The second-order valence-corrected chi connectivity index (χ2v) is 4.42. The molecule has 1 aliphatic carbocycles. The van der Waals surface area contributed by atoms with Gasteiger partial charge in [0, 0.05) is 17.4 Å². The Hall–Kier alpha value is -1.50. The molecule has 0 spiro atoms. The van der Waals surface area contributed by atoms with Gasteiger partial charge in [0.25, 0.3) is 0 Å². The highest BCUT2D eigenvalue weighted by Crippen LogP contribution is 2.26. The molecule has 0 aliphatic heterocycles. The van der Waals surface area contributed by atoms with Crippen molar-refractivity contribution in [1.29, 1.82) is 0 Å². The SMILES string of the molecule is CC(C)N(C1=CC=CCC1)c1ccccc1. The standard InChI is InChI=1S/C15H19N/c1-13(2)16(14-9-5-3-6-10-14)15-11-7-4-8-12-15/h3-7,9-11,13H,8,12H2,1-2H3. The molecule has 2 rings (SSSR count). The Labute approximate surface area is 98.1 Å². The lowest BCUT2D eigenvalue weighted by atomic mass is 10.1. The van der Waals surface area contributed by atoms with Crippen LogP contribution >= 0.6 is 0 Å². The molecule has 0 heterocycles. The lowest BCUT2D eigenvalue weighted by Gasteiger charge is -2.32. The van der Waals surface area contributed by atoms with Crippen LogP contribution < -0.4 is 4.90 Å². The van der Waals surface area contributed by atoms with E-state index in [0.29, 0.717) is 6.04 Å². The maximum atomic E-state index is 2.42. The summed E-state index contributed by atoms with van der Waals surface area (Å²) in [4.78, 5) is 2.42. The molecule has 1 aromatic rings. The molecule has 0 atom stereocenters. The first-order valence-corrected chi connectivity index (χ1v) is 5.99. The molecule has 1 aliphatic rings. The zero-order chi connectivity index (χ0) is 11.4. The van der Waals surface area contributed by atoms with E-state index in [1.807, 2.05) is 0 Å². The topological polar surface area (TPSA) is 3.24 Å². The van der Waals surface area contributed by atoms with E-state index in [0.717, 1.165) is 12.8 Å². The molecule has 0 fully saturated rings. The smallest absolute Gasteiger partial charge is 0.0410 e. The summed E-state index contributed by atoms with van der Waals surface area (Å²) in [6.45, 7) is 4.48. The normalized spacial score (nSPS) is 15.1. The summed E-state index contributed by atoms with van der Waals surface area (Å²) < 4.78 is 0. The average Bonchev–Trinajstić information content (AvgIpc) is 2.31. The van der Waals surface area contributed by atoms with Gasteiger partial charge in [0.15, 0.2) is 0 Å². The van der Waals surface area contributed by atoms with Crippen LogP contribution in [0.3, 0.4) is 0 Å². The second kappa shape index (κ2) is 5.02. The van der Waals surface area contributed by atoms with E-state index in [9.17, 15) is 0 Å². The Bertz CT molecular complexity index is 387. The van der Waals surface area contributed by atoms with Crippen LogP contribution in [0.2, 0.25) is 0 Å².